The van der Waals surface area contributed by atoms with E-state index in [1.165, 1.54) is 10.6 Å². The van der Waals surface area contributed by atoms with Crippen LogP contribution in [0.4, 0.5) is 0 Å². The van der Waals surface area contributed by atoms with Gasteiger partial charge in [0.15, 0.2) is 5.84 Å². The zero-order chi connectivity index (χ0) is 13.0. The van der Waals surface area contributed by atoms with E-state index in [9.17, 15) is 4.79 Å². The molecule has 2 heterocycles. The van der Waals surface area contributed by atoms with Crippen LogP contribution >= 0.6 is 0 Å². The molecule has 0 fully saturated rings. The largest absolute Gasteiger partial charge is 0.409 e. The Kier molecular flexibility index (Phi) is 3.42. The fraction of sp³-hybridized carbons (Fsp3) is 0.182. The lowest BCUT2D eigenvalue weighted by Crippen LogP contribution is -2.30. The summed E-state index contributed by atoms with van der Waals surface area (Å²) >= 11 is 0. The quantitative estimate of drug-likeness (QED) is 0.339. The van der Waals surface area contributed by atoms with Gasteiger partial charge in [0, 0.05) is 25.1 Å². The van der Waals surface area contributed by atoms with E-state index in [1.54, 1.807) is 23.1 Å². The molecule has 7 heteroatoms. The fourth-order valence-electron chi connectivity index (χ4n) is 1.60. The van der Waals surface area contributed by atoms with Crippen LogP contribution in [0.15, 0.2) is 46.7 Å². The zero-order valence-corrected chi connectivity index (χ0v) is 9.60. The Bertz CT molecular complexity index is 600. The van der Waals surface area contributed by atoms with Gasteiger partial charge in [0.1, 0.15) is 0 Å². The Morgan fingerprint density at radius 3 is 2.89 bits per heavy atom. The second kappa shape index (κ2) is 5.17. The Morgan fingerprint density at radius 1 is 1.39 bits per heavy atom. The Labute approximate surface area is 103 Å². The van der Waals surface area contributed by atoms with Crippen LogP contribution < -0.4 is 11.3 Å². The monoisotopic (exact) mass is 247 g/mol. The van der Waals surface area contributed by atoms with Gasteiger partial charge in [-0.1, -0.05) is 5.16 Å². The lowest BCUT2D eigenvalue weighted by Gasteiger charge is -2.07. The van der Waals surface area contributed by atoms with Crippen LogP contribution in [-0.4, -0.2) is 25.4 Å². The average Bonchev–Trinajstić information content (AvgIpc) is 2.90. The summed E-state index contributed by atoms with van der Waals surface area (Å²) in [7, 11) is 0. The molecule has 2 aromatic heterocycles. The molecule has 94 valence electrons. The van der Waals surface area contributed by atoms with Gasteiger partial charge in [-0.05, 0) is 18.2 Å². The number of nitrogens with two attached hydrogens (primary N) is 1. The number of hydrogen-bond donors (Lipinski definition) is 2. The first-order valence-corrected chi connectivity index (χ1v) is 5.37. The summed E-state index contributed by atoms with van der Waals surface area (Å²) in [4.78, 5) is 12.0. The molecule has 3 N–H and O–H groups in total. The molecule has 18 heavy (non-hydrogen) atoms. The minimum Gasteiger partial charge on any atom is -0.409 e. The SMILES string of the molecule is N/C(=N/O)c1cccn(CCn2cccn2)c1=O. The average molecular weight is 247 g/mol. The predicted octanol–water partition coefficient (Wildman–Crippen LogP) is -0.161. The summed E-state index contributed by atoms with van der Waals surface area (Å²) in [5, 5.41) is 15.5. The van der Waals surface area contributed by atoms with Crippen molar-refractivity contribution in [1.29, 1.82) is 0 Å². The highest BCUT2D eigenvalue weighted by Crippen LogP contribution is 1.93. The first kappa shape index (κ1) is 11.9. The van der Waals surface area contributed by atoms with Crippen molar-refractivity contribution in [3.05, 3.63) is 52.7 Å². The van der Waals surface area contributed by atoms with Crippen molar-refractivity contribution in [2.45, 2.75) is 13.1 Å². The molecule has 0 bridgehead atoms. The van der Waals surface area contributed by atoms with Gasteiger partial charge in [-0.25, -0.2) is 0 Å². The number of amidine groups is 1. The molecule has 0 saturated carbocycles. The number of rotatable bonds is 4. The van der Waals surface area contributed by atoms with Gasteiger partial charge in [0.05, 0.1) is 12.1 Å². The first-order chi connectivity index (χ1) is 8.72. The molecule has 0 radical (unpaired) electrons. The predicted molar refractivity (Wildman–Crippen MR) is 65.4 cm³/mol. The van der Waals surface area contributed by atoms with Crippen LogP contribution in [0.5, 0.6) is 0 Å². The first-order valence-electron chi connectivity index (χ1n) is 5.37. The third-order valence-electron chi connectivity index (χ3n) is 2.53. The summed E-state index contributed by atoms with van der Waals surface area (Å²) in [6.07, 6.45) is 5.15. The summed E-state index contributed by atoms with van der Waals surface area (Å²) in [5.41, 5.74) is 5.31. The summed E-state index contributed by atoms with van der Waals surface area (Å²) < 4.78 is 3.22. The maximum Gasteiger partial charge on any atom is 0.261 e. The van der Waals surface area contributed by atoms with Crippen LogP contribution in [0, 0.1) is 0 Å². The van der Waals surface area contributed by atoms with Gasteiger partial charge in [-0.2, -0.15) is 5.10 Å². The number of oxime groups is 1. The van der Waals surface area contributed by atoms with E-state index in [0.29, 0.717) is 13.1 Å². The molecule has 0 aliphatic rings. The van der Waals surface area contributed by atoms with Crippen molar-refractivity contribution in [1.82, 2.24) is 14.3 Å². The van der Waals surface area contributed by atoms with Gasteiger partial charge < -0.3 is 15.5 Å². The Balaban J connectivity index is 2.21. The number of aryl methyl sites for hydroxylation is 2. The van der Waals surface area contributed by atoms with Crippen molar-refractivity contribution in [3.63, 3.8) is 0 Å². The van der Waals surface area contributed by atoms with Gasteiger partial charge in [0.2, 0.25) is 0 Å². The van der Waals surface area contributed by atoms with Crippen molar-refractivity contribution >= 4 is 5.84 Å². The molecule has 0 aliphatic carbocycles. The highest BCUT2D eigenvalue weighted by atomic mass is 16.4. The van der Waals surface area contributed by atoms with E-state index in [-0.39, 0.29) is 17.0 Å². The molecular weight excluding hydrogens is 234 g/mol. The van der Waals surface area contributed by atoms with E-state index in [0.717, 1.165) is 0 Å². The van der Waals surface area contributed by atoms with Crippen LogP contribution in [0.2, 0.25) is 0 Å². The molecule has 7 nitrogen and oxygen atoms in total. The molecule has 0 unspecified atom stereocenters. The summed E-state index contributed by atoms with van der Waals surface area (Å²) in [5.74, 6) is -0.187. The van der Waals surface area contributed by atoms with Gasteiger partial charge in [-0.15, -0.1) is 0 Å². The van der Waals surface area contributed by atoms with Gasteiger partial charge in [0.25, 0.3) is 5.56 Å². The minimum absolute atomic E-state index is 0.181. The molecule has 0 saturated heterocycles. The number of nitrogens with zero attached hydrogens (tertiary/aromatic N) is 4. The standard InChI is InChI=1S/C11H13N5O2/c12-10(14-18)9-3-1-5-15(11(9)17)7-8-16-6-2-4-13-16/h1-6,18H,7-8H2,(H2,12,14). The van der Waals surface area contributed by atoms with Gasteiger partial charge in [-0.3, -0.25) is 9.48 Å². The molecule has 0 amide bonds. The normalized spacial score (nSPS) is 11.7. The third-order valence-corrected chi connectivity index (χ3v) is 2.53. The summed E-state index contributed by atoms with van der Waals surface area (Å²) in [6, 6.07) is 5.01. The molecule has 2 rings (SSSR count). The number of pyridine rings is 1. The molecule has 0 atom stereocenters. The minimum atomic E-state index is -0.292. The van der Waals surface area contributed by atoms with Gasteiger partial charge >= 0.3 is 0 Å². The smallest absolute Gasteiger partial charge is 0.261 e. The molecule has 0 aromatic carbocycles. The molecular formula is C11H13N5O2. The van der Waals surface area contributed by atoms with E-state index < -0.39 is 0 Å². The maximum atomic E-state index is 12.0. The lowest BCUT2D eigenvalue weighted by atomic mass is 10.2. The second-order valence-corrected chi connectivity index (χ2v) is 3.67. The van der Waals surface area contributed by atoms with Crippen LogP contribution in [0.3, 0.4) is 0 Å². The van der Waals surface area contributed by atoms with E-state index in [4.69, 9.17) is 10.9 Å². The van der Waals surface area contributed by atoms with Crippen molar-refractivity contribution in [2.24, 2.45) is 10.9 Å². The highest BCUT2D eigenvalue weighted by Gasteiger charge is 2.07. The highest BCUT2D eigenvalue weighted by molar-refractivity contribution is 5.96. The second-order valence-electron chi connectivity index (χ2n) is 3.67. The fourth-order valence-corrected chi connectivity index (χ4v) is 1.60. The molecule has 0 spiro atoms. The van der Waals surface area contributed by atoms with Crippen molar-refractivity contribution in [2.75, 3.05) is 0 Å². The van der Waals surface area contributed by atoms with Crippen LogP contribution in [0.25, 0.3) is 0 Å². The van der Waals surface area contributed by atoms with Crippen molar-refractivity contribution in [3.8, 4) is 0 Å². The lowest BCUT2D eigenvalue weighted by molar-refractivity contribution is 0.318. The maximum absolute atomic E-state index is 12.0. The number of aromatic nitrogens is 3. The summed E-state index contributed by atoms with van der Waals surface area (Å²) in [6.45, 7) is 1.04. The Morgan fingerprint density at radius 2 is 2.22 bits per heavy atom. The molecule has 2 aromatic rings. The topological polar surface area (TPSA) is 98.4 Å². The van der Waals surface area contributed by atoms with E-state index >= 15 is 0 Å². The zero-order valence-electron chi connectivity index (χ0n) is 9.60. The number of hydrogen-bond acceptors (Lipinski definition) is 4. The molecule has 0 aliphatic heterocycles. The van der Waals surface area contributed by atoms with Crippen molar-refractivity contribution < 1.29 is 5.21 Å². The van der Waals surface area contributed by atoms with E-state index in [2.05, 4.69) is 10.3 Å². The Hall–Kier alpha value is -2.57. The van der Waals surface area contributed by atoms with E-state index in [1.807, 2.05) is 12.3 Å². The van der Waals surface area contributed by atoms with Crippen LogP contribution in [0.1, 0.15) is 5.56 Å². The van der Waals surface area contributed by atoms with Crippen LogP contribution in [-0.2, 0) is 13.1 Å². The third kappa shape index (κ3) is 2.40.